The minimum atomic E-state index is -0.658. The van der Waals surface area contributed by atoms with Crippen LogP contribution < -0.4 is 21.6 Å². The predicted octanol–water partition coefficient (Wildman–Crippen LogP) is 3.88. The van der Waals surface area contributed by atoms with Gasteiger partial charge in [-0.3, -0.25) is 9.59 Å². The maximum Gasteiger partial charge on any atom is 0.329 e. The van der Waals surface area contributed by atoms with Crippen LogP contribution in [0.1, 0.15) is 13.8 Å². The van der Waals surface area contributed by atoms with Crippen molar-refractivity contribution in [2.45, 2.75) is 13.8 Å². The zero-order chi connectivity index (χ0) is 22.2. The molecule has 0 aliphatic rings. The van der Waals surface area contributed by atoms with Crippen molar-refractivity contribution in [3.05, 3.63) is 60.5 Å². The molecule has 1 aromatic heterocycles. The van der Waals surface area contributed by atoms with Crippen molar-refractivity contribution in [1.29, 1.82) is 0 Å². The number of carbonyl (C=O) groups excluding carboxylic acids is 2. The SMILES string of the molecule is CC(=O)ONc1cccc(Nc2ncc(F)c(Nc3cccc(NOC(C)=O)c3)n2)c1. The number of halogens is 1. The Kier molecular flexibility index (Phi) is 6.78. The number of aromatic nitrogens is 2. The van der Waals surface area contributed by atoms with Crippen LogP contribution in [0.4, 0.5) is 38.9 Å². The van der Waals surface area contributed by atoms with E-state index in [1.165, 1.54) is 13.8 Å². The fourth-order valence-electron chi connectivity index (χ4n) is 2.36. The van der Waals surface area contributed by atoms with Crippen molar-refractivity contribution in [2.75, 3.05) is 21.6 Å². The van der Waals surface area contributed by atoms with Gasteiger partial charge in [0.15, 0.2) is 11.6 Å². The molecule has 11 heteroatoms. The molecule has 160 valence electrons. The third kappa shape index (κ3) is 6.56. The van der Waals surface area contributed by atoms with E-state index >= 15 is 0 Å². The van der Waals surface area contributed by atoms with E-state index in [1.54, 1.807) is 48.5 Å². The number of benzene rings is 2. The molecule has 0 amide bonds. The van der Waals surface area contributed by atoms with Crippen molar-refractivity contribution in [3.63, 3.8) is 0 Å². The normalized spacial score (nSPS) is 10.0. The molecular formula is C20H19FN6O4. The van der Waals surface area contributed by atoms with Crippen molar-refractivity contribution >= 4 is 46.5 Å². The molecular weight excluding hydrogens is 407 g/mol. The van der Waals surface area contributed by atoms with Crippen LogP contribution in [0.25, 0.3) is 0 Å². The lowest BCUT2D eigenvalue weighted by Crippen LogP contribution is -2.07. The third-order valence-electron chi connectivity index (χ3n) is 3.61. The summed E-state index contributed by atoms with van der Waals surface area (Å²) < 4.78 is 14.2. The summed E-state index contributed by atoms with van der Waals surface area (Å²) in [5, 5.41) is 5.80. The fourth-order valence-corrected chi connectivity index (χ4v) is 2.36. The topological polar surface area (TPSA) is 127 Å². The Balaban J connectivity index is 1.72. The van der Waals surface area contributed by atoms with Crippen molar-refractivity contribution in [1.82, 2.24) is 9.97 Å². The van der Waals surface area contributed by atoms with Crippen LogP contribution >= 0.6 is 0 Å². The first-order valence-electron chi connectivity index (χ1n) is 9.02. The molecule has 0 bridgehead atoms. The van der Waals surface area contributed by atoms with Gasteiger partial charge in [-0.15, -0.1) is 0 Å². The van der Waals surface area contributed by atoms with E-state index in [1.807, 2.05) is 0 Å². The number of nitrogens with zero attached hydrogens (tertiary/aromatic N) is 2. The molecule has 31 heavy (non-hydrogen) atoms. The number of hydrogen-bond donors (Lipinski definition) is 4. The standard InChI is InChI=1S/C20H19FN6O4/c1-12(28)30-26-16-7-3-5-14(9-16)23-19-18(21)11-22-20(25-19)24-15-6-4-8-17(10-15)27-31-13(2)29/h3-11,26-27H,1-2H3,(H2,22,23,24,25). The lowest BCUT2D eigenvalue weighted by Gasteiger charge is -2.12. The first-order valence-corrected chi connectivity index (χ1v) is 9.02. The zero-order valence-corrected chi connectivity index (χ0v) is 16.6. The summed E-state index contributed by atoms with van der Waals surface area (Å²) in [6.07, 6.45) is 1.03. The quantitative estimate of drug-likeness (QED) is 0.394. The Bertz CT molecular complexity index is 1090. The molecule has 0 spiro atoms. The van der Waals surface area contributed by atoms with Crippen LogP contribution in [0.15, 0.2) is 54.7 Å². The molecule has 4 N–H and O–H groups in total. The number of hydrogen-bond acceptors (Lipinski definition) is 10. The van der Waals surface area contributed by atoms with Crippen LogP contribution in [0.2, 0.25) is 0 Å². The third-order valence-corrected chi connectivity index (χ3v) is 3.61. The van der Waals surface area contributed by atoms with Gasteiger partial charge in [-0.2, -0.15) is 4.98 Å². The van der Waals surface area contributed by atoms with Crippen LogP contribution in [-0.2, 0) is 19.3 Å². The summed E-state index contributed by atoms with van der Waals surface area (Å²) in [7, 11) is 0. The number of anilines is 6. The van der Waals surface area contributed by atoms with E-state index in [4.69, 9.17) is 9.68 Å². The first-order chi connectivity index (χ1) is 14.9. The molecule has 0 aliphatic carbocycles. The smallest absolute Gasteiger partial charge is 0.329 e. The van der Waals surface area contributed by atoms with E-state index < -0.39 is 17.8 Å². The second-order valence-electron chi connectivity index (χ2n) is 6.19. The lowest BCUT2D eigenvalue weighted by atomic mass is 10.3. The molecule has 0 radical (unpaired) electrons. The summed E-state index contributed by atoms with van der Waals surface area (Å²) in [5.41, 5.74) is 7.10. The van der Waals surface area contributed by atoms with Crippen LogP contribution in [-0.4, -0.2) is 21.9 Å². The van der Waals surface area contributed by atoms with Gasteiger partial charge in [-0.1, -0.05) is 12.1 Å². The molecule has 1 heterocycles. The largest absolute Gasteiger partial charge is 0.344 e. The molecule has 3 aromatic rings. The van der Waals surface area contributed by atoms with Crippen molar-refractivity contribution in [3.8, 4) is 0 Å². The predicted molar refractivity (Wildman–Crippen MR) is 112 cm³/mol. The van der Waals surface area contributed by atoms with Crippen LogP contribution in [0, 0.1) is 5.82 Å². The van der Waals surface area contributed by atoms with Gasteiger partial charge in [0.1, 0.15) is 0 Å². The molecule has 0 fully saturated rings. The Morgan fingerprint density at radius 1 is 0.839 bits per heavy atom. The van der Waals surface area contributed by atoms with E-state index in [0.29, 0.717) is 22.7 Å². The molecule has 3 rings (SSSR count). The van der Waals surface area contributed by atoms with Gasteiger partial charge in [0, 0.05) is 25.2 Å². The molecule has 0 saturated carbocycles. The van der Waals surface area contributed by atoms with Crippen molar-refractivity contribution in [2.24, 2.45) is 0 Å². The van der Waals surface area contributed by atoms with E-state index in [9.17, 15) is 14.0 Å². The molecule has 2 aromatic carbocycles. The van der Waals surface area contributed by atoms with Crippen LogP contribution in [0.3, 0.4) is 0 Å². The van der Waals surface area contributed by atoms with Gasteiger partial charge in [-0.05, 0) is 36.4 Å². The van der Waals surface area contributed by atoms with Crippen LogP contribution in [0.5, 0.6) is 0 Å². The van der Waals surface area contributed by atoms with E-state index in [2.05, 4.69) is 31.6 Å². The highest BCUT2D eigenvalue weighted by atomic mass is 19.1. The molecule has 0 aliphatic heterocycles. The Morgan fingerprint density at radius 3 is 1.90 bits per heavy atom. The Hall–Kier alpha value is -4.41. The maximum atomic E-state index is 14.2. The maximum absolute atomic E-state index is 14.2. The summed E-state index contributed by atoms with van der Waals surface area (Å²) in [6, 6.07) is 13.5. The minimum absolute atomic E-state index is 0.0590. The summed E-state index contributed by atoms with van der Waals surface area (Å²) in [4.78, 5) is 39.4. The van der Waals surface area contributed by atoms with Gasteiger partial charge in [0.25, 0.3) is 0 Å². The second-order valence-corrected chi connectivity index (χ2v) is 6.19. The Morgan fingerprint density at radius 2 is 1.35 bits per heavy atom. The summed E-state index contributed by atoms with van der Waals surface area (Å²) in [6.45, 7) is 2.54. The molecule has 0 unspecified atom stereocenters. The average Bonchev–Trinajstić information content (AvgIpc) is 2.74. The highest BCUT2D eigenvalue weighted by molar-refractivity contribution is 5.69. The van der Waals surface area contributed by atoms with Gasteiger partial charge >= 0.3 is 11.9 Å². The van der Waals surface area contributed by atoms with Gasteiger partial charge in [0.05, 0.1) is 17.6 Å². The van der Waals surface area contributed by atoms with E-state index in [-0.39, 0.29) is 11.8 Å². The highest BCUT2D eigenvalue weighted by Gasteiger charge is 2.09. The Labute approximate surface area is 176 Å². The van der Waals surface area contributed by atoms with Gasteiger partial charge < -0.3 is 20.3 Å². The fraction of sp³-hybridized carbons (Fsp3) is 0.100. The summed E-state index contributed by atoms with van der Waals surface area (Å²) in [5.74, 6) is -1.56. The van der Waals surface area contributed by atoms with Gasteiger partial charge in [0.2, 0.25) is 5.95 Å². The molecule has 0 saturated heterocycles. The molecule has 10 nitrogen and oxygen atoms in total. The number of rotatable bonds is 8. The second kappa shape index (κ2) is 9.87. The number of carbonyl (C=O) groups is 2. The minimum Gasteiger partial charge on any atom is -0.344 e. The molecule has 0 atom stereocenters. The van der Waals surface area contributed by atoms with Crippen molar-refractivity contribution < 1.29 is 23.7 Å². The first kappa shape index (κ1) is 21.3. The van der Waals surface area contributed by atoms with E-state index in [0.717, 1.165) is 6.20 Å². The van der Waals surface area contributed by atoms with Gasteiger partial charge in [-0.25, -0.2) is 20.3 Å². The summed E-state index contributed by atoms with van der Waals surface area (Å²) >= 11 is 0. The highest BCUT2D eigenvalue weighted by Crippen LogP contribution is 2.23. The zero-order valence-electron chi connectivity index (χ0n) is 16.6. The number of nitrogens with one attached hydrogen (secondary N) is 4. The average molecular weight is 426 g/mol. The lowest BCUT2D eigenvalue weighted by molar-refractivity contribution is -0.138. The monoisotopic (exact) mass is 426 g/mol.